The van der Waals surface area contributed by atoms with E-state index in [1.807, 2.05) is 12.1 Å². The maximum atomic E-state index is 13.3. The summed E-state index contributed by atoms with van der Waals surface area (Å²) < 4.78 is 24.2. The van der Waals surface area contributed by atoms with E-state index in [-0.39, 0.29) is 24.5 Å². The number of benzene rings is 2. The maximum Gasteiger partial charge on any atom is 0.262 e. The van der Waals surface area contributed by atoms with Gasteiger partial charge in [-0.25, -0.2) is 4.39 Å². The largest absolute Gasteiger partial charge is 0.495 e. The Morgan fingerprint density at radius 1 is 1.33 bits per heavy atom. The predicted octanol–water partition coefficient (Wildman–Crippen LogP) is 3.59. The fraction of sp³-hybridized carbons (Fsp3) is 0.286. The average Bonchev–Trinajstić information content (AvgIpc) is 3.08. The molecule has 4 rings (SSSR count). The number of nitrogens with zero attached hydrogens (tertiary/aromatic N) is 1. The minimum atomic E-state index is -0.389. The monoisotopic (exact) mass is 368 g/mol. The van der Waals surface area contributed by atoms with Crippen molar-refractivity contribution in [2.45, 2.75) is 19.5 Å². The van der Waals surface area contributed by atoms with Crippen molar-refractivity contribution < 1.29 is 18.7 Å². The van der Waals surface area contributed by atoms with Gasteiger partial charge in [0.2, 0.25) is 0 Å². The first-order valence-corrected chi connectivity index (χ1v) is 8.89. The molecule has 1 unspecified atom stereocenters. The van der Waals surface area contributed by atoms with Gasteiger partial charge in [-0.05, 0) is 48.8 Å². The van der Waals surface area contributed by atoms with Crippen molar-refractivity contribution in [1.82, 2.24) is 4.90 Å². The van der Waals surface area contributed by atoms with Gasteiger partial charge in [0.25, 0.3) is 5.91 Å². The van der Waals surface area contributed by atoms with Gasteiger partial charge in [0.15, 0.2) is 6.61 Å². The van der Waals surface area contributed by atoms with Crippen molar-refractivity contribution in [3.63, 3.8) is 0 Å². The number of hydrogen-bond acceptors (Lipinski definition) is 4. The Morgan fingerprint density at radius 3 is 2.96 bits per heavy atom. The van der Waals surface area contributed by atoms with E-state index in [4.69, 9.17) is 9.47 Å². The maximum absolute atomic E-state index is 13.3. The predicted molar refractivity (Wildman–Crippen MR) is 101 cm³/mol. The average molecular weight is 368 g/mol. The minimum Gasteiger partial charge on any atom is -0.495 e. The van der Waals surface area contributed by atoms with Crippen LogP contribution in [0.15, 0.2) is 42.0 Å². The molecular formula is C21H21FN2O3. The normalized spacial score (nSPS) is 17.5. The van der Waals surface area contributed by atoms with Crippen molar-refractivity contribution in [3.8, 4) is 11.5 Å². The molecule has 2 aromatic carbocycles. The molecule has 27 heavy (non-hydrogen) atoms. The number of fused-ring (bicyclic) bond motifs is 2. The smallest absolute Gasteiger partial charge is 0.262 e. The molecule has 1 atom stereocenters. The third kappa shape index (κ3) is 3.23. The number of carbonyl (C=O) groups excluding carboxylic acids is 1. The van der Waals surface area contributed by atoms with Crippen LogP contribution in [0.25, 0.3) is 6.08 Å². The summed E-state index contributed by atoms with van der Waals surface area (Å²) in [5.74, 6) is 0.563. The molecule has 140 valence electrons. The number of nitrogens with one attached hydrogen (secondary N) is 1. The summed E-state index contributed by atoms with van der Waals surface area (Å²) in [6.45, 7) is 2.54. The van der Waals surface area contributed by atoms with Crippen molar-refractivity contribution in [3.05, 3.63) is 58.9 Å². The first-order chi connectivity index (χ1) is 13.1. The van der Waals surface area contributed by atoms with Crippen LogP contribution in [0.2, 0.25) is 0 Å². The van der Waals surface area contributed by atoms with E-state index in [0.29, 0.717) is 12.3 Å². The molecule has 2 aliphatic rings. The molecule has 0 bridgehead atoms. The summed E-state index contributed by atoms with van der Waals surface area (Å²) in [4.78, 5) is 14.5. The minimum absolute atomic E-state index is 0.132. The van der Waals surface area contributed by atoms with Gasteiger partial charge in [-0.15, -0.1) is 0 Å². The van der Waals surface area contributed by atoms with Crippen LogP contribution in [-0.4, -0.2) is 37.2 Å². The van der Waals surface area contributed by atoms with E-state index in [2.05, 4.69) is 18.3 Å². The van der Waals surface area contributed by atoms with Crippen LogP contribution < -0.4 is 14.8 Å². The van der Waals surface area contributed by atoms with E-state index in [0.717, 1.165) is 34.6 Å². The molecule has 2 heterocycles. The number of amides is 1. The van der Waals surface area contributed by atoms with Gasteiger partial charge < -0.3 is 19.7 Å². The van der Waals surface area contributed by atoms with Gasteiger partial charge in [0, 0.05) is 18.2 Å². The Morgan fingerprint density at radius 2 is 2.19 bits per heavy atom. The summed E-state index contributed by atoms with van der Waals surface area (Å²) in [6, 6.07) is 9.75. The lowest BCUT2D eigenvalue weighted by molar-refractivity contribution is -0.133. The van der Waals surface area contributed by atoms with Crippen molar-refractivity contribution in [1.29, 1.82) is 0 Å². The molecule has 1 fully saturated rings. The molecule has 0 aromatic heterocycles. The Kier molecular flexibility index (Phi) is 4.48. The number of methoxy groups -OCH3 is 1. The van der Waals surface area contributed by atoms with Crippen molar-refractivity contribution in [2.75, 3.05) is 25.6 Å². The quantitative estimate of drug-likeness (QED) is 0.896. The zero-order valence-corrected chi connectivity index (χ0v) is 15.3. The van der Waals surface area contributed by atoms with E-state index in [1.54, 1.807) is 24.1 Å². The van der Waals surface area contributed by atoms with Crippen molar-refractivity contribution >= 4 is 17.7 Å². The van der Waals surface area contributed by atoms with Gasteiger partial charge >= 0.3 is 0 Å². The standard InChI is InChI=1S/C21H21FN2O3/c1-13-6-7-18(26-2)20-17(13)10-14-8-9-24(21(14)23-20)19(25)12-27-16-5-3-4-15(22)11-16/h3-7,10-11,21,23H,8-9,12H2,1-2H3. The second kappa shape index (κ2) is 6.95. The zero-order chi connectivity index (χ0) is 19.0. The lowest BCUT2D eigenvalue weighted by Gasteiger charge is -2.31. The number of ether oxygens (including phenoxy) is 2. The van der Waals surface area contributed by atoms with E-state index in [9.17, 15) is 9.18 Å². The summed E-state index contributed by atoms with van der Waals surface area (Å²) in [5.41, 5.74) is 4.32. The van der Waals surface area contributed by atoms with Gasteiger partial charge in [-0.1, -0.05) is 12.1 Å². The number of hydrogen-bond donors (Lipinski definition) is 1. The van der Waals surface area contributed by atoms with Crippen LogP contribution in [0, 0.1) is 12.7 Å². The van der Waals surface area contributed by atoms with E-state index >= 15 is 0 Å². The summed E-state index contributed by atoms with van der Waals surface area (Å²) in [7, 11) is 1.64. The highest BCUT2D eigenvalue weighted by molar-refractivity contribution is 5.85. The van der Waals surface area contributed by atoms with Crippen LogP contribution in [0.1, 0.15) is 17.5 Å². The van der Waals surface area contributed by atoms with Crippen molar-refractivity contribution in [2.24, 2.45) is 0 Å². The summed E-state index contributed by atoms with van der Waals surface area (Å²) in [5, 5.41) is 3.45. The fourth-order valence-corrected chi connectivity index (χ4v) is 3.62. The molecule has 0 spiro atoms. The molecule has 0 aliphatic carbocycles. The van der Waals surface area contributed by atoms with Gasteiger partial charge in [0.05, 0.1) is 12.8 Å². The van der Waals surface area contributed by atoms with Crippen LogP contribution >= 0.6 is 0 Å². The second-order valence-electron chi connectivity index (χ2n) is 6.72. The fourth-order valence-electron chi connectivity index (χ4n) is 3.62. The first-order valence-electron chi connectivity index (χ1n) is 8.89. The molecule has 5 nitrogen and oxygen atoms in total. The third-order valence-electron chi connectivity index (χ3n) is 5.04. The van der Waals surface area contributed by atoms with Gasteiger partial charge in [-0.2, -0.15) is 0 Å². The lowest BCUT2D eigenvalue weighted by Crippen LogP contribution is -2.44. The lowest BCUT2D eigenvalue weighted by atomic mass is 9.97. The van der Waals surface area contributed by atoms with Crippen LogP contribution in [0.3, 0.4) is 0 Å². The summed E-state index contributed by atoms with van der Waals surface area (Å²) in [6.07, 6.45) is 2.74. The highest BCUT2D eigenvalue weighted by Gasteiger charge is 2.36. The number of carbonyl (C=O) groups is 1. The molecular weight excluding hydrogens is 347 g/mol. The molecule has 1 N–H and O–H groups in total. The highest BCUT2D eigenvalue weighted by Crippen LogP contribution is 2.40. The Balaban J connectivity index is 1.51. The first kappa shape index (κ1) is 17.4. The molecule has 0 saturated carbocycles. The number of rotatable bonds is 4. The number of likely N-dealkylation sites (tertiary alicyclic amines) is 1. The molecule has 1 saturated heterocycles. The van der Waals surface area contributed by atoms with Crippen LogP contribution in [0.4, 0.5) is 10.1 Å². The SMILES string of the molecule is COc1ccc(C)c2c1NC1C(=C2)CCN1C(=O)COc1cccc(F)c1. The highest BCUT2D eigenvalue weighted by atomic mass is 19.1. The van der Waals surface area contributed by atoms with Crippen LogP contribution in [-0.2, 0) is 4.79 Å². The Bertz CT molecular complexity index is 926. The Hall–Kier alpha value is -3.02. The summed E-state index contributed by atoms with van der Waals surface area (Å²) >= 11 is 0. The van der Waals surface area contributed by atoms with Crippen LogP contribution in [0.5, 0.6) is 11.5 Å². The third-order valence-corrected chi connectivity index (χ3v) is 5.04. The number of halogens is 1. The molecule has 2 aliphatic heterocycles. The zero-order valence-electron chi connectivity index (χ0n) is 15.3. The second-order valence-corrected chi connectivity index (χ2v) is 6.72. The van der Waals surface area contributed by atoms with E-state index < -0.39 is 0 Å². The molecule has 0 radical (unpaired) electrons. The number of anilines is 1. The van der Waals surface area contributed by atoms with E-state index in [1.165, 1.54) is 12.1 Å². The Labute approximate surface area is 157 Å². The topological polar surface area (TPSA) is 50.8 Å². The molecule has 6 heteroatoms. The molecule has 1 amide bonds. The number of aryl methyl sites for hydroxylation is 1. The molecule has 2 aromatic rings. The van der Waals surface area contributed by atoms with Gasteiger partial charge in [0.1, 0.15) is 23.5 Å². The van der Waals surface area contributed by atoms with Gasteiger partial charge in [-0.3, -0.25) is 4.79 Å².